The zero-order valence-corrected chi connectivity index (χ0v) is 24.4. The number of thiazole rings is 1. The topological polar surface area (TPSA) is 92.3 Å². The lowest BCUT2D eigenvalue weighted by atomic mass is 10.2. The second-order valence-electron chi connectivity index (χ2n) is 9.19. The van der Waals surface area contributed by atoms with Crippen LogP contribution in [0.1, 0.15) is 26.2 Å². The Hall–Kier alpha value is -1.80. The molecule has 2 aliphatic rings. The van der Waals surface area contributed by atoms with E-state index >= 15 is 0 Å². The lowest BCUT2D eigenvalue weighted by Gasteiger charge is -2.30. The van der Waals surface area contributed by atoms with Gasteiger partial charge in [-0.05, 0) is 56.5 Å². The third-order valence-corrected chi connectivity index (χ3v) is 11.4. The molecule has 1 unspecified atom stereocenters. The lowest BCUT2D eigenvalue weighted by molar-refractivity contribution is -0.121. The monoisotopic (exact) mass is 598 g/mol. The van der Waals surface area contributed by atoms with E-state index in [1.165, 1.54) is 21.7 Å². The Balaban J connectivity index is 1.41. The number of amides is 1. The number of rotatable bonds is 10. The minimum absolute atomic E-state index is 0.157. The van der Waals surface area contributed by atoms with Crippen LogP contribution < -0.4 is 9.64 Å². The number of thiophene rings is 1. The van der Waals surface area contributed by atoms with E-state index in [0.29, 0.717) is 55.2 Å². The second-order valence-corrected chi connectivity index (χ2v) is 14.0. The van der Waals surface area contributed by atoms with Gasteiger partial charge in [-0.2, -0.15) is 4.31 Å². The Kier molecular flexibility index (Phi) is 8.88. The fraction of sp³-hybridized carbons (Fsp3) is 0.520. The molecule has 2 saturated heterocycles. The van der Waals surface area contributed by atoms with Crippen molar-refractivity contribution < 1.29 is 22.7 Å². The number of hydrogen-bond acceptors (Lipinski definition) is 9. The van der Waals surface area contributed by atoms with Crippen molar-refractivity contribution in [2.24, 2.45) is 0 Å². The summed E-state index contributed by atoms with van der Waals surface area (Å²) in [5.74, 6) is 0.517. The van der Waals surface area contributed by atoms with Gasteiger partial charge in [0.25, 0.3) is 10.0 Å². The van der Waals surface area contributed by atoms with Gasteiger partial charge in [0.15, 0.2) is 5.13 Å². The van der Waals surface area contributed by atoms with Gasteiger partial charge in [-0.3, -0.25) is 14.6 Å². The molecule has 13 heteroatoms. The van der Waals surface area contributed by atoms with Crippen LogP contribution in [0.15, 0.2) is 34.5 Å². The summed E-state index contributed by atoms with van der Waals surface area (Å²) in [6.07, 6.45) is 1.83. The standard InChI is InChI=1S/C25H31ClN4O5S3/c1-2-35-18-6-7-19-21(17-18)36-25(27-19)29(11-4-10-28-13-15-34-16-14-28)24(31)20-5-3-12-30(20)38(32,33)23-9-8-22(26)37-23/h6-9,17,20H,2-5,10-16H2,1H3. The summed E-state index contributed by atoms with van der Waals surface area (Å²) < 4.78 is 40.8. The average Bonchev–Trinajstić information content (AvgIpc) is 3.66. The van der Waals surface area contributed by atoms with Gasteiger partial charge in [0, 0.05) is 32.7 Å². The molecule has 0 N–H and O–H groups in total. The van der Waals surface area contributed by atoms with Crippen molar-refractivity contribution >= 4 is 65.6 Å². The molecule has 3 aromatic rings. The summed E-state index contributed by atoms with van der Waals surface area (Å²) in [5.41, 5.74) is 0.781. The first-order valence-corrected chi connectivity index (χ1v) is 16.2. The maximum Gasteiger partial charge on any atom is 0.253 e. The second kappa shape index (κ2) is 12.2. The Morgan fingerprint density at radius 2 is 2.03 bits per heavy atom. The predicted molar refractivity (Wildman–Crippen MR) is 151 cm³/mol. The number of aromatic nitrogens is 1. The van der Waals surface area contributed by atoms with Crippen LogP contribution in [-0.2, 0) is 19.6 Å². The molecule has 38 heavy (non-hydrogen) atoms. The lowest BCUT2D eigenvalue weighted by Crippen LogP contribution is -2.48. The number of fused-ring (bicyclic) bond motifs is 1. The highest BCUT2D eigenvalue weighted by atomic mass is 35.5. The van der Waals surface area contributed by atoms with Crippen molar-refractivity contribution in [1.29, 1.82) is 0 Å². The van der Waals surface area contributed by atoms with E-state index in [9.17, 15) is 13.2 Å². The van der Waals surface area contributed by atoms with Crippen LogP contribution in [-0.4, -0.2) is 87.1 Å². The van der Waals surface area contributed by atoms with Crippen LogP contribution in [0.2, 0.25) is 4.34 Å². The van der Waals surface area contributed by atoms with Gasteiger partial charge in [-0.1, -0.05) is 22.9 Å². The van der Waals surface area contributed by atoms with Crippen molar-refractivity contribution in [3.05, 3.63) is 34.7 Å². The number of sulfonamides is 1. The number of carbonyl (C=O) groups is 1. The summed E-state index contributed by atoms with van der Waals surface area (Å²) >= 11 is 8.46. The molecule has 1 atom stereocenters. The zero-order chi connectivity index (χ0) is 26.7. The van der Waals surface area contributed by atoms with Crippen LogP contribution in [0.3, 0.4) is 0 Å². The number of carbonyl (C=O) groups excluding carboxylic acids is 1. The fourth-order valence-electron chi connectivity index (χ4n) is 4.85. The molecule has 0 aliphatic carbocycles. The van der Waals surface area contributed by atoms with Gasteiger partial charge in [-0.15, -0.1) is 11.3 Å². The Bertz CT molecular complexity index is 1370. The van der Waals surface area contributed by atoms with Crippen molar-refractivity contribution in [2.75, 3.05) is 57.4 Å². The van der Waals surface area contributed by atoms with Gasteiger partial charge in [-0.25, -0.2) is 13.4 Å². The quantitative estimate of drug-likeness (QED) is 0.343. The highest BCUT2D eigenvalue weighted by molar-refractivity contribution is 7.91. The number of anilines is 1. The van der Waals surface area contributed by atoms with Crippen molar-refractivity contribution in [2.45, 2.75) is 36.4 Å². The van der Waals surface area contributed by atoms with Crippen molar-refractivity contribution in [1.82, 2.24) is 14.2 Å². The molecule has 2 aromatic heterocycles. The molecule has 2 fully saturated rings. The van der Waals surface area contributed by atoms with E-state index in [2.05, 4.69) is 4.90 Å². The van der Waals surface area contributed by atoms with Gasteiger partial charge in [0.1, 0.15) is 16.0 Å². The average molecular weight is 599 g/mol. The maximum absolute atomic E-state index is 14.1. The number of benzene rings is 1. The van der Waals surface area contributed by atoms with Crippen LogP contribution in [0.5, 0.6) is 5.75 Å². The van der Waals surface area contributed by atoms with E-state index in [4.69, 9.17) is 26.1 Å². The first-order chi connectivity index (χ1) is 18.4. The molecule has 0 bridgehead atoms. The van der Waals surface area contributed by atoms with Crippen molar-refractivity contribution in [3.63, 3.8) is 0 Å². The highest BCUT2D eigenvalue weighted by Gasteiger charge is 2.42. The third kappa shape index (κ3) is 6.01. The Labute approximate surface area is 236 Å². The van der Waals surface area contributed by atoms with Crippen LogP contribution in [0.4, 0.5) is 5.13 Å². The Morgan fingerprint density at radius 3 is 2.76 bits per heavy atom. The molecule has 0 saturated carbocycles. The van der Waals surface area contributed by atoms with Gasteiger partial charge < -0.3 is 9.47 Å². The summed E-state index contributed by atoms with van der Waals surface area (Å²) in [5, 5.41) is 0.573. The molecular formula is C25H31ClN4O5S3. The van der Waals surface area contributed by atoms with Gasteiger partial charge >= 0.3 is 0 Å². The van der Waals surface area contributed by atoms with E-state index in [-0.39, 0.29) is 10.1 Å². The minimum Gasteiger partial charge on any atom is -0.494 e. The first kappa shape index (κ1) is 27.8. The predicted octanol–water partition coefficient (Wildman–Crippen LogP) is 4.32. The summed E-state index contributed by atoms with van der Waals surface area (Å²) in [7, 11) is -3.84. The molecule has 206 valence electrons. The van der Waals surface area contributed by atoms with Crippen LogP contribution in [0, 0.1) is 0 Å². The van der Waals surface area contributed by atoms with Crippen molar-refractivity contribution in [3.8, 4) is 5.75 Å². The molecule has 5 rings (SSSR count). The SMILES string of the molecule is CCOc1ccc2nc(N(CCCN3CCOCC3)C(=O)C3CCCN3S(=O)(=O)c3ccc(Cl)s3)sc2c1. The molecule has 2 aliphatic heterocycles. The van der Waals surface area contributed by atoms with Gasteiger partial charge in [0.2, 0.25) is 5.91 Å². The number of halogens is 1. The summed E-state index contributed by atoms with van der Waals surface area (Å²) in [6, 6.07) is 7.99. The van der Waals surface area contributed by atoms with E-state index < -0.39 is 16.1 Å². The molecule has 0 spiro atoms. The number of nitrogens with zero attached hydrogens (tertiary/aromatic N) is 4. The zero-order valence-electron chi connectivity index (χ0n) is 21.2. The number of morpholine rings is 1. The smallest absolute Gasteiger partial charge is 0.253 e. The molecule has 4 heterocycles. The number of hydrogen-bond donors (Lipinski definition) is 0. The highest BCUT2D eigenvalue weighted by Crippen LogP contribution is 2.36. The molecule has 1 amide bonds. The molecule has 9 nitrogen and oxygen atoms in total. The minimum atomic E-state index is -3.84. The first-order valence-electron chi connectivity index (χ1n) is 12.8. The van der Waals surface area contributed by atoms with E-state index in [1.807, 2.05) is 25.1 Å². The molecular weight excluding hydrogens is 568 g/mol. The van der Waals surface area contributed by atoms with Gasteiger partial charge in [0.05, 0.1) is 34.4 Å². The van der Waals surface area contributed by atoms with Crippen LogP contribution in [0.25, 0.3) is 10.2 Å². The normalized spacial score (nSPS) is 19.3. The van der Waals surface area contributed by atoms with E-state index in [0.717, 1.165) is 53.4 Å². The van der Waals surface area contributed by atoms with E-state index in [1.54, 1.807) is 11.0 Å². The number of ether oxygens (including phenoxy) is 2. The maximum atomic E-state index is 14.1. The largest absolute Gasteiger partial charge is 0.494 e. The summed E-state index contributed by atoms with van der Waals surface area (Å²) in [4.78, 5) is 22.9. The molecule has 0 radical (unpaired) electrons. The Morgan fingerprint density at radius 1 is 1.21 bits per heavy atom. The third-order valence-electron chi connectivity index (χ3n) is 6.72. The molecule has 1 aromatic carbocycles. The fourth-order valence-corrected chi connectivity index (χ4v) is 9.14. The van der Waals surface area contributed by atoms with Crippen LogP contribution >= 0.6 is 34.3 Å². The summed E-state index contributed by atoms with van der Waals surface area (Å²) in [6.45, 7) is 7.23.